The average molecular weight is 327 g/mol. The van der Waals surface area contributed by atoms with Crippen LogP contribution < -0.4 is 14.8 Å². The Bertz CT molecular complexity index is 678. The Hall–Kier alpha value is -2.53. The third-order valence-corrected chi connectivity index (χ3v) is 3.90. The van der Waals surface area contributed by atoms with E-state index in [-0.39, 0.29) is 12.0 Å². The molecule has 1 N–H and O–H groups in total. The number of carbonyl (C=O) groups is 1. The molecule has 0 bridgehead atoms. The molecule has 1 aliphatic rings. The van der Waals surface area contributed by atoms with Crippen molar-refractivity contribution in [3.63, 3.8) is 0 Å². The lowest BCUT2D eigenvalue weighted by Crippen LogP contribution is -2.16. The second-order valence-electron chi connectivity index (χ2n) is 5.66. The number of anilines is 1. The lowest BCUT2D eigenvalue weighted by molar-refractivity contribution is 0.0680. The van der Waals surface area contributed by atoms with Crippen LogP contribution in [0.4, 0.5) is 5.69 Å². The van der Waals surface area contributed by atoms with Crippen molar-refractivity contribution in [3.05, 3.63) is 54.1 Å². The van der Waals surface area contributed by atoms with E-state index in [9.17, 15) is 4.79 Å². The second-order valence-corrected chi connectivity index (χ2v) is 5.66. The predicted octanol–water partition coefficient (Wildman–Crippen LogP) is 3.51. The molecule has 0 aliphatic carbocycles. The Morgan fingerprint density at radius 1 is 1.21 bits per heavy atom. The fourth-order valence-corrected chi connectivity index (χ4v) is 2.57. The molecule has 1 atom stereocenters. The summed E-state index contributed by atoms with van der Waals surface area (Å²) in [5.74, 6) is 1.27. The number of amides is 1. The van der Waals surface area contributed by atoms with Gasteiger partial charge in [-0.3, -0.25) is 4.79 Å². The van der Waals surface area contributed by atoms with Gasteiger partial charge in [0.05, 0.1) is 13.2 Å². The van der Waals surface area contributed by atoms with E-state index in [1.807, 2.05) is 24.3 Å². The summed E-state index contributed by atoms with van der Waals surface area (Å²) in [6.45, 7) is 1.35. The summed E-state index contributed by atoms with van der Waals surface area (Å²) in [6, 6.07) is 14.4. The molecule has 1 fully saturated rings. The van der Waals surface area contributed by atoms with Gasteiger partial charge in [0.1, 0.15) is 18.1 Å². The van der Waals surface area contributed by atoms with Crippen molar-refractivity contribution in [3.8, 4) is 11.5 Å². The van der Waals surface area contributed by atoms with Gasteiger partial charge < -0.3 is 19.5 Å². The third-order valence-electron chi connectivity index (χ3n) is 3.90. The van der Waals surface area contributed by atoms with Crippen LogP contribution in [0.1, 0.15) is 23.2 Å². The Balaban J connectivity index is 1.59. The van der Waals surface area contributed by atoms with Crippen molar-refractivity contribution in [2.75, 3.05) is 25.6 Å². The zero-order valence-electron chi connectivity index (χ0n) is 13.7. The minimum absolute atomic E-state index is 0.169. The van der Waals surface area contributed by atoms with Crippen LogP contribution in [0.5, 0.6) is 11.5 Å². The highest BCUT2D eigenvalue weighted by atomic mass is 16.5. The summed E-state index contributed by atoms with van der Waals surface area (Å²) in [4.78, 5) is 12.3. The fraction of sp³-hybridized carbons (Fsp3) is 0.316. The van der Waals surface area contributed by atoms with Crippen LogP contribution in [-0.2, 0) is 4.74 Å². The van der Waals surface area contributed by atoms with Gasteiger partial charge >= 0.3 is 0 Å². The first kappa shape index (κ1) is 16.3. The molecule has 5 nitrogen and oxygen atoms in total. The number of rotatable bonds is 6. The molecule has 0 aromatic heterocycles. The van der Waals surface area contributed by atoms with Gasteiger partial charge in [0.15, 0.2) is 0 Å². The molecule has 1 amide bonds. The summed E-state index contributed by atoms with van der Waals surface area (Å²) < 4.78 is 16.4. The van der Waals surface area contributed by atoms with Gasteiger partial charge in [-0.15, -0.1) is 0 Å². The van der Waals surface area contributed by atoms with Crippen molar-refractivity contribution in [1.82, 2.24) is 0 Å². The number of hydrogen-bond acceptors (Lipinski definition) is 4. The minimum atomic E-state index is -0.172. The molecule has 3 rings (SSSR count). The first-order valence-electron chi connectivity index (χ1n) is 8.04. The van der Waals surface area contributed by atoms with Gasteiger partial charge in [-0.2, -0.15) is 0 Å². The van der Waals surface area contributed by atoms with E-state index in [1.54, 1.807) is 31.4 Å². The molecule has 0 saturated carbocycles. The Labute approximate surface area is 141 Å². The lowest BCUT2D eigenvalue weighted by atomic mass is 10.2. The molecule has 2 aromatic rings. The van der Waals surface area contributed by atoms with E-state index in [0.717, 1.165) is 30.9 Å². The highest BCUT2D eigenvalue weighted by Crippen LogP contribution is 2.20. The molecule has 0 radical (unpaired) electrons. The summed E-state index contributed by atoms with van der Waals surface area (Å²) in [7, 11) is 1.59. The van der Waals surface area contributed by atoms with Gasteiger partial charge in [-0.05, 0) is 49.2 Å². The summed E-state index contributed by atoms with van der Waals surface area (Å²) in [5, 5.41) is 2.87. The molecule has 1 saturated heterocycles. The lowest BCUT2D eigenvalue weighted by Gasteiger charge is -2.12. The van der Waals surface area contributed by atoms with Gasteiger partial charge in [-0.25, -0.2) is 0 Å². The van der Waals surface area contributed by atoms with Gasteiger partial charge in [0.2, 0.25) is 0 Å². The minimum Gasteiger partial charge on any atom is -0.497 e. The number of hydrogen-bond donors (Lipinski definition) is 1. The summed E-state index contributed by atoms with van der Waals surface area (Å²) >= 11 is 0. The SMILES string of the molecule is COc1ccc(C(=O)Nc2cccc(OC[C@H]3CCCO3)c2)cc1. The summed E-state index contributed by atoms with van der Waals surface area (Å²) in [6.07, 6.45) is 2.29. The van der Waals surface area contributed by atoms with Crippen LogP contribution in [-0.4, -0.2) is 32.3 Å². The predicted molar refractivity (Wildman–Crippen MR) is 91.9 cm³/mol. The molecular formula is C19H21NO4. The van der Waals surface area contributed by atoms with Crippen molar-refractivity contribution < 1.29 is 19.0 Å². The van der Waals surface area contributed by atoms with E-state index in [2.05, 4.69) is 5.32 Å². The zero-order valence-corrected chi connectivity index (χ0v) is 13.7. The van der Waals surface area contributed by atoms with Crippen molar-refractivity contribution in [2.24, 2.45) is 0 Å². The number of carbonyl (C=O) groups excluding carboxylic acids is 1. The van der Waals surface area contributed by atoms with Gasteiger partial charge in [-0.1, -0.05) is 6.07 Å². The van der Waals surface area contributed by atoms with Crippen molar-refractivity contribution in [2.45, 2.75) is 18.9 Å². The van der Waals surface area contributed by atoms with Crippen LogP contribution in [0.3, 0.4) is 0 Å². The molecule has 1 heterocycles. The van der Waals surface area contributed by atoms with Crippen LogP contribution in [0.25, 0.3) is 0 Å². The number of benzene rings is 2. The zero-order chi connectivity index (χ0) is 16.8. The molecular weight excluding hydrogens is 306 g/mol. The maximum absolute atomic E-state index is 12.3. The Morgan fingerprint density at radius 3 is 2.75 bits per heavy atom. The van der Waals surface area contributed by atoms with Crippen molar-refractivity contribution >= 4 is 11.6 Å². The number of ether oxygens (including phenoxy) is 3. The van der Waals surface area contributed by atoms with Gasteiger partial charge in [0, 0.05) is 23.9 Å². The van der Waals surface area contributed by atoms with Crippen LogP contribution in [0, 0.1) is 0 Å². The highest BCUT2D eigenvalue weighted by Gasteiger charge is 2.16. The van der Waals surface area contributed by atoms with Crippen LogP contribution >= 0.6 is 0 Å². The largest absolute Gasteiger partial charge is 0.497 e. The maximum Gasteiger partial charge on any atom is 0.255 e. The topological polar surface area (TPSA) is 56.8 Å². The van der Waals surface area contributed by atoms with Crippen LogP contribution in [0.2, 0.25) is 0 Å². The molecule has 0 unspecified atom stereocenters. The van der Waals surface area contributed by atoms with E-state index in [0.29, 0.717) is 17.9 Å². The first-order chi connectivity index (χ1) is 11.7. The maximum atomic E-state index is 12.3. The number of methoxy groups -OCH3 is 1. The molecule has 1 aliphatic heterocycles. The summed E-state index contributed by atoms with van der Waals surface area (Å²) in [5.41, 5.74) is 1.27. The molecule has 24 heavy (non-hydrogen) atoms. The monoisotopic (exact) mass is 327 g/mol. The molecule has 126 valence electrons. The normalized spacial score (nSPS) is 16.6. The van der Waals surface area contributed by atoms with Gasteiger partial charge in [0.25, 0.3) is 5.91 Å². The number of nitrogens with one attached hydrogen (secondary N) is 1. The second kappa shape index (κ2) is 7.84. The van der Waals surface area contributed by atoms with E-state index >= 15 is 0 Å². The quantitative estimate of drug-likeness (QED) is 0.882. The van der Waals surface area contributed by atoms with E-state index < -0.39 is 0 Å². The van der Waals surface area contributed by atoms with Crippen LogP contribution in [0.15, 0.2) is 48.5 Å². The average Bonchev–Trinajstić information content (AvgIpc) is 3.14. The molecule has 2 aromatic carbocycles. The smallest absolute Gasteiger partial charge is 0.255 e. The van der Waals surface area contributed by atoms with E-state index in [4.69, 9.17) is 14.2 Å². The van der Waals surface area contributed by atoms with E-state index in [1.165, 1.54) is 0 Å². The highest BCUT2D eigenvalue weighted by molar-refractivity contribution is 6.04. The first-order valence-corrected chi connectivity index (χ1v) is 8.04. The standard InChI is InChI=1S/C19H21NO4/c1-22-16-9-7-14(8-10-16)19(21)20-15-4-2-5-17(12-15)24-13-18-6-3-11-23-18/h2,4-5,7-10,12,18H,3,6,11,13H2,1H3,(H,20,21)/t18-/m1/s1. The third kappa shape index (κ3) is 4.26. The fourth-order valence-electron chi connectivity index (χ4n) is 2.57. The molecule has 0 spiro atoms. The Kier molecular flexibility index (Phi) is 5.33. The van der Waals surface area contributed by atoms with Crippen molar-refractivity contribution in [1.29, 1.82) is 0 Å². The molecule has 5 heteroatoms. The Morgan fingerprint density at radius 2 is 2.04 bits per heavy atom.